The number of aryl methyl sites for hydroxylation is 2. The van der Waals surface area contributed by atoms with E-state index in [1.54, 1.807) is 11.7 Å². The van der Waals surface area contributed by atoms with Gasteiger partial charge >= 0.3 is 12.1 Å². The van der Waals surface area contributed by atoms with Gasteiger partial charge in [0, 0.05) is 12.6 Å². The van der Waals surface area contributed by atoms with E-state index in [1.165, 1.54) is 7.11 Å². The summed E-state index contributed by atoms with van der Waals surface area (Å²) >= 11 is 0. The van der Waals surface area contributed by atoms with E-state index in [2.05, 4.69) is 41.4 Å². The summed E-state index contributed by atoms with van der Waals surface area (Å²) in [6.07, 6.45) is -1.11. The lowest BCUT2D eigenvalue weighted by atomic mass is 9.86. The highest BCUT2D eigenvalue weighted by Crippen LogP contribution is 2.31. The van der Waals surface area contributed by atoms with Crippen LogP contribution >= 0.6 is 0 Å². The molecule has 0 spiro atoms. The van der Waals surface area contributed by atoms with Gasteiger partial charge in [-0.1, -0.05) is 45.0 Å². The number of rotatable bonds is 7. The number of allylic oxidation sites excluding steroid dienone is 1. The lowest BCUT2D eigenvalue weighted by molar-refractivity contribution is -0.145. The molecule has 1 heterocycles. The Morgan fingerprint density at radius 1 is 1.09 bits per heavy atom. The minimum absolute atomic E-state index is 0.0392. The number of hydrogen-bond donors (Lipinski definition) is 0. The summed E-state index contributed by atoms with van der Waals surface area (Å²) in [7, 11) is 2.91. The summed E-state index contributed by atoms with van der Waals surface area (Å²) in [5.41, 5.74) is 4.15. The lowest BCUT2D eigenvalue weighted by Crippen LogP contribution is -2.17. The molecule has 0 N–H and O–H groups in total. The molecule has 0 saturated heterocycles. The molecular formula is C24H29N3O6. The van der Waals surface area contributed by atoms with Crippen molar-refractivity contribution in [1.29, 1.82) is 5.26 Å². The minimum Gasteiger partial charge on any atom is -0.466 e. The van der Waals surface area contributed by atoms with Crippen molar-refractivity contribution in [2.24, 2.45) is 7.05 Å². The molecule has 0 fully saturated rings. The van der Waals surface area contributed by atoms with Crippen LogP contribution in [0.5, 0.6) is 0 Å². The predicted octanol–water partition coefficient (Wildman–Crippen LogP) is 4.03. The van der Waals surface area contributed by atoms with E-state index >= 15 is 0 Å². The molecule has 0 atom stereocenters. The van der Waals surface area contributed by atoms with Gasteiger partial charge < -0.3 is 18.9 Å². The number of aromatic nitrogens is 2. The third-order valence-corrected chi connectivity index (χ3v) is 5.03. The van der Waals surface area contributed by atoms with Gasteiger partial charge in [0.05, 0.1) is 12.8 Å². The zero-order valence-corrected chi connectivity index (χ0v) is 20.0. The molecule has 0 radical (unpaired) electrons. The fraction of sp³-hybridized carbons (Fsp3) is 0.417. The summed E-state index contributed by atoms with van der Waals surface area (Å²) in [4.78, 5) is 22.8. The van der Waals surface area contributed by atoms with Crippen LogP contribution in [0.1, 0.15) is 48.8 Å². The summed E-state index contributed by atoms with van der Waals surface area (Å²) in [5, 5.41) is 14.4. The predicted molar refractivity (Wildman–Crippen MR) is 121 cm³/mol. The Balaban J connectivity index is 2.39. The van der Waals surface area contributed by atoms with E-state index in [9.17, 15) is 14.9 Å². The summed E-state index contributed by atoms with van der Waals surface area (Å²) in [6, 6.07) is 9.84. The van der Waals surface area contributed by atoms with E-state index in [4.69, 9.17) is 9.47 Å². The van der Waals surface area contributed by atoms with Crippen molar-refractivity contribution >= 4 is 23.5 Å². The van der Waals surface area contributed by atoms with Crippen molar-refractivity contribution in [2.75, 3.05) is 20.5 Å². The Labute approximate surface area is 193 Å². The van der Waals surface area contributed by atoms with Crippen LogP contribution in [0.4, 0.5) is 4.79 Å². The SMILES string of the molecule is COC(=O)COC(=O)OCO/C(=C(/C#N)c1ccc(C(C)(C)C)cc1)c1c(C)c(C)nn1C. The number of benzene rings is 1. The van der Waals surface area contributed by atoms with Gasteiger partial charge in [-0.3, -0.25) is 4.68 Å². The number of nitriles is 1. The Morgan fingerprint density at radius 2 is 1.73 bits per heavy atom. The van der Waals surface area contributed by atoms with Crippen LogP contribution in [0.15, 0.2) is 24.3 Å². The van der Waals surface area contributed by atoms with E-state index in [0.29, 0.717) is 11.3 Å². The van der Waals surface area contributed by atoms with Crippen molar-refractivity contribution in [1.82, 2.24) is 9.78 Å². The molecule has 1 aromatic carbocycles. The molecule has 0 aliphatic carbocycles. The summed E-state index contributed by atoms with van der Waals surface area (Å²) < 4.78 is 21.3. The molecule has 0 amide bonds. The first-order chi connectivity index (χ1) is 15.5. The Hall–Kier alpha value is -3.80. The van der Waals surface area contributed by atoms with Gasteiger partial charge in [0.1, 0.15) is 17.3 Å². The number of nitrogens with zero attached hydrogens (tertiary/aromatic N) is 3. The topological polar surface area (TPSA) is 113 Å². The van der Waals surface area contributed by atoms with Crippen LogP contribution in [-0.4, -0.2) is 42.4 Å². The van der Waals surface area contributed by atoms with Crippen molar-refractivity contribution in [3.63, 3.8) is 0 Å². The van der Waals surface area contributed by atoms with Crippen molar-refractivity contribution in [3.8, 4) is 6.07 Å². The van der Waals surface area contributed by atoms with Gasteiger partial charge in [-0.25, -0.2) is 9.59 Å². The van der Waals surface area contributed by atoms with E-state index in [1.807, 2.05) is 38.1 Å². The molecule has 9 nitrogen and oxygen atoms in total. The highest BCUT2D eigenvalue weighted by Gasteiger charge is 2.22. The van der Waals surface area contributed by atoms with Crippen molar-refractivity contribution in [3.05, 3.63) is 52.3 Å². The Bertz CT molecular complexity index is 1090. The maximum atomic E-state index is 11.7. The van der Waals surface area contributed by atoms with Gasteiger partial charge in [-0.05, 0) is 30.4 Å². The third-order valence-electron chi connectivity index (χ3n) is 5.03. The van der Waals surface area contributed by atoms with Crippen LogP contribution < -0.4 is 0 Å². The second-order valence-electron chi connectivity index (χ2n) is 8.35. The molecule has 2 aromatic rings. The second kappa shape index (κ2) is 10.7. The standard InChI is InChI=1S/C24H29N3O6/c1-15-16(2)26-27(6)21(15)22(32-14-33-23(29)31-13-20(28)30-7)19(12-25)17-8-10-18(11-9-17)24(3,4)5/h8-11H,13-14H2,1-7H3/b22-19-. The molecule has 0 aliphatic rings. The van der Waals surface area contributed by atoms with E-state index in [0.717, 1.165) is 16.8 Å². The Kier molecular flexibility index (Phi) is 8.24. The molecule has 176 valence electrons. The monoisotopic (exact) mass is 455 g/mol. The number of esters is 1. The first kappa shape index (κ1) is 25.5. The van der Waals surface area contributed by atoms with Crippen LogP contribution in [0, 0.1) is 25.2 Å². The molecule has 0 saturated carbocycles. The van der Waals surface area contributed by atoms with E-state index in [-0.39, 0.29) is 16.7 Å². The van der Waals surface area contributed by atoms with Gasteiger partial charge in [0.25, 0.3) is 0 Å². The van der Waals surface area contributed by atoms with E-state index < -0.39 is 25.5 Å². The minimum atomic E-state index is -1.11. The molecule has 0 unspecified atom stereocenters. The molecule has 1 aromatic heterocycles. The smallest absolute Gasteiger partial charge is 0.466 e. The van der Waals surface area contributed by atoms with Crippen molar-refractivity contribution < 1.29 is 28.5 Å². The Morgan fingerprint density at radius 3 is 2.21 bits per heavy atom. The highest BCUT2D eigenvalue weighted by molar-refractivity contribution is 5.94. The van der Waals surface area contributed by atoms with Gasteiger partial charge in [0.15, 0.2) is 12.4 Å². The van der Waals surface area contributed by atoms with Gasteiger partial charge in [-0.2, -0.15) is 10.4 Å². The zero-order valence-electron chi connectivity index (χ0n) is 20.0. The number of methoxy groups -OCH3 is 1. The first-order valence-corrected chi connectivity index (χ1v) is 10.2. The third kappa shape index (κ3) is 6.35. The van der Waals surface area contributed by atoms with Crippen LogP contribution in [0.25, 0.3) is 11.3 Å². The molecule has 0 bridgehead atoms. The van der Waals surface area contributed by atoms with Crippen LogP contribution in [0.2, 0.25) is 0 Å². The largest absolute Gasteiger partial charge is 0.511 e. The molecule has 9 heteroatoms. The normalized spacial score (nSPS) is 11.8. The number of carbonyl (C=O) groups is 2. The van der Waals surface area contributed by atoms with Gasteiger partial charge in [-0.15, -0.1) is 0 Å². The van der Waals surface area contributed by atoms with Gasteiger partial charge in [0.2, 0.25) is 6.79 Å². The first-order valence-electron chi connectivity index (χ1n) is 10.2. The number of hydrogen-bond acceptors (Lipinski definition) is 8. The average molecular weight is 456 g/mol. The molecule has 0 aliphatic heterocycles. The fourth-order valence-electron chi connectivity index (χ4n) is 3.08. The number of carbonyl (C=O) groups excluding carboxylic acids is 2. The average Bonchev–Trinajstić information content (AvgIpc) is 3.02. The molecule has 2 rings (SSSR count). The molecular weight excluding hydrogens is 426 g/mol. The summed E-state index contributed by atoms with van der Waals surface area (Å²) in [6.45, 7) is 8.92. The highest BCUT2D eigenvalue weighted by atomic mass is 16.8. The zero-order chi connectivity index (χ0) is 24.8. The second-order valence-corrected chi connectivity index (χ2v) is 8.35. The van der Waals surface area contributed by atoms with Crippen LogP contribution in [0.3, 0.4) is 0 Å². The van der Waals surface area contributed by atoms with Crippen molar-refractivity contribution in [2.45, 2.75) is 40.0 Å². The fourth-order valence-corrected chi connectivity index (χ4v) is 3.08. The van der Waals surface area contributed by atoms with Crippen LogP contribution in [-0.2, 0) is 36.2 Å². The summed E-state index contributed by atoms with van der Waals surface area (Å²) in [5.74, 6) is -0.512. The number of ether oxygens (including phenoxy) is 4. The quantitative estimate of drug-likeness (QED) is 0.266. The lowest BCUT2D eigenvalue weighted by Gasteiger charge is -2.19. The maximum Gasteiger partial charge on any atom is 0.511 e. The maximum absolute atomic E-state index is 11.7. The molecule has 33 heavy (non-hydrogen) atoms.